The average molecular weight is 336 g/mol. The predicted molar refractivity (Wildman–Crippen MR) is 73.8 cm³/mol. The van der Waals surface area contributed by atoms with Gasteiger partial charge in [0.2, 0.25) is 0 Å². The molecule has 5 heteroatoms. The number of phenols is 1. The van der Waals surface area contributed by atoms with Gasteiger partial charge in [0.05, 0.1) is 0 Å². The molecule has 3 aliphatic rings. The number of hydrogen-bond acceptors (Lipinski definition) is 4. The number of benzene rings is 1. The fourth-order valence-electron chi connectivity index (χ4n) is 2.67. The molecule has 1 N–H and O–H groups in total. The molecule has 3 unspecified atom stereocenters. The molecule has 0 bridgehead atoms. The summed E-state index contributed by atoms with van der Waals surface area (Å²) in [5.41, 5.74) is 3.46. The summed E-state index contributed by atoms with van der Waals surface area (Å²) in [6, 6.07) is 1.91. The van der Waals surface area contributed by atoms with Crippen LogP contribution in [0.3, 0.4) is 0 Å². The Morgan fingerprint density at radius 3 is 2.00 bits per heavy atom. The molecule has 3 heterocycles. The van der Waals surface area contributed by atoms with Gasteiger partial charge in [-0.25, -0.2) is 0 Å². The van der Waals surface area contributed by atoms with E-state index in [2.05, 4.69) is 16.9 Å². The Hall–Kier alpha value is -0.542. The maximum absolute atomic E-state index is 10.4. The molecule has 3 atom stereocenters. The van der Waals surface area contributed by atoms with Gasteiger partial charge < -0.3 is 0 Å². The summed E-state index contributed by atoms with van der Waals surface area (Å²) in [4.78, 5) is 0. The predicted octanol–water partition coefficient (Wildman–Crippen LogP) is 0.00990. The summed E-state index contributed by atoms with van der Waals surface area (Å²) in [6.45, 7) is 2.48. The van der Waals surface area contributed by atoms with Gasteiger partial charge in [0, 0.05) is 0 Å². The number of rotatable bonds is 6. The van der Waals surface area contributed by atoms with Crippen molar-refractivity contribution in [2.45, 2.75) is 37.6 Å². The van der Waals surface area contributed by atoms with E-state index in [1.807, 2.05) is 6.07 Å². The van der Waals surface area contributed by atoms with Gasteiger partial charge in [-0.05, 0) is 0 Å². The van der Waals surface area contributed by atoms with Crippen molar-refractivity contribution < 1.29 is 19.3 Å². The number of ether oxygens (including phenoxy) is 3. The molecule has 3 aliphatic heterocycles. The summed E-state index contributed by atoms with van der Waals surface area (Å²) >= 11 is 2.68. The SMILES string of the molecule is Oc1cc(CC2CO2)c([As])c(CC2CO2)c1CC1CO1. The van der Waals surface area contributed by atoms with Gasteiger partial charge in [-0.15, -0.1) is 0 Å². The Labute approximate surface area is 126 Å². The molecule has 0 saturated carbocycles. The molecular formula is C15H17AsO4. The van der Waals surface area contributed by atoms with Crippen LogP contribution < -0.4 is 4.35 Å². The van der Waals surface area contributed by atoms with Crippen molar-refractivity contribution in [3.8, 4) is 5.75 Å². The number of hydrogen-bond donors (Lipinski definition) is 1. The van der Waals surface area contributed by atoms with Crippen molar-refractivity contribution in [1.82, 2.24) is 0 Å². The topological polar surface area (TPSA) is 57.8 Å². The molecule has 3 saturated heterocycles. The van der Waals surface area contributed by atoms with E-state index in [9.17, 15) is 5.11 Å². The third-order valence-electron chi connectivity index (χ3n) is 4.09. The second-order valence-corrected chi connectivity index (χ2v) is 6.78. The molecule has 106 valence electrons. The van der Waals surface area contributed by atoms with E-state index in [0.717, 1.165) is 44.6 Å². The van der Waals surface area contributed by atoms with Crippen LogP contribution in [0, 0.1) is 0 Å². The van der Waals surface area contributed by atoms with E-state index in [-0.39, 0.29) is 6.10 Å². The normalized spacial score (nSPS) is 30.4. The molecule has 4 rings (SSSR count). The third-order valence-corrected chi connectivity index (χ3v) is 5.26. The second-order valence-electron chi connectivity index (χ2n) is 5.84. The molecule has 4 nitrogen and oxygen atoms in total. The van der Waals surface area contributed by atoms with Gasteiger partial charge >= 0.3 is 126 Å². The first-order valence-electron chi connectivity index (χ1n) is 7.11. The Morgan fingerprint density at radius 2 is 1.45 bits per heavy atom. The zero-order valence-corrected chi connectivity index (χ0v) is 13.0. The number of phenolic OH excluding ortho intramolecular Hbond substituents is 1. The monoisotopic (exact) mass is 336 g/mol. The fraction of sp³-hybridized carbons (Fsp3) is 0.600. The van der Waals surface area contributed by atoms with Crippen LogP contribution in [-0.2, 0) is 33.5 Å². The van der Waals surface area contributed by atoms with Crippen LogP contribution in [0.25, 0.3) is 0 Å². The first-order chi connectivity index (χ1) is 9.70. The van der Waals surface area contributed by atoms with Crippen LogP contribution in [0.5, 0.6) is 5.75 Å². The van der Waals surface area contributed by atoms with Crippen molar-refractivity contribution in [1.29, 1.82) is 0 Å². The van der Waals surface area contributed by atoms with Crippen LogP contribution >= 0.6 is 0 Å². The van der Waals surface area contributed by atoms with Gasteiger partial charge in [0.15, 0.2) is 0 Å². The Morgan fingerprint density at radius 1 is 0.950 bits per heavy atom. The molecular weight excluding hydrogens is 319 g/mol. The minimum atomic E-state index is 0.282. The third kappa shape index (κ3) is 2.89. The first kappa shape index (κ1) is 13.1. The zero-order chi connectivity index (χ0) is 13.7. The van der Waals surface area contributed by atoms with Gasteiger partial charge in [-0.3, -0.25) is 0 Å². The summed E-state index contributed by atoms with van der Waals surface area (Å²) < 4.78 is 17.2. The van der Waals surface area contributed by atoms with E-state index in [1.165, 1.54) is 15.5 Å². The van der Waals surface area contributed by atoms with Crippen molar-refractivity contribution in [2.75, 3.05) is 19.8 Å². The molecule has 0 aliphatic carbocycles. The standard InChI is InChI=1S/C15H17AsO4/c16-15-8(1-9-5-18-9)2-14(17)12(3-10-6-19-10)13(15)4-11-7-20-11/h2,9-11,17H,1,3-7H2. The van der Waals surface area contributed by atoms with Crippen molar-refractivity contribution in [3.05, 3.63) is 22.8 Å². The van der Waals surface area contributed by atoms with E-state index < -0.39 is 0 Å². The van der Waals surface area contributed by atoms with Crippen molar-refractivity contribution in [3.63, 3.8) is 0 Å². The second kappa shape index (κ2) is 5.03. The molecule has 0 amide bonds. The first-order valence-corrected chi connectivity index (χ1v) is 8.05. The Kier molecular flexibility index (Phi) is 3.30. The van der Waals surface area contributed by atoms with Crippen LogP contribution in [0.4, 0.5) is 0 Å². The van der Waals surface area contributed by atoms with Gasteiger partial charge in [0.25, 0.3) is 0 Å². The van der Waals surface area contributed by atoms with Gasteiger partial charge in [-0.2, -0.15) is 0 Å². The van der Waals surface area contributed by atoms with Crippen molar-refractivity contribution in [2.24, 2.45) is 0 Å². The number of aromatic hydroxyl groups is 1. The van der Waals surface area contributed by atoms with E-state index >= 15 is 0 Å². The minimum absolute atomic E-state index is 0.282. The number of epoxide rings is 3. The Bertz CT molecular complexity index is 533. The van der Waals surface area contributed by atoms with Gasteiger partial charge in [-0.1, -0.05) is 0 Å². The molecule has 2 radical (unpaired) electrons. The summed E-state index contributed by atoms with van der Waals surface area (Å²) in [5.74, 6) is 0.404. The maximum atomic E-state index is 10.4. The molecule has 0 aromatic heterocycles. The van der Waals surface area contributed by atoms with Gasteiger partial charge in [0.1, 0.15) is 0 Å². The zero-order valence-electron chi connectivity index (χ0n) is 11.2. The molecule has 20 heavy (non-hydrogen) atoms. The van der Waals surface area contributed by atoms with Crippen LogP contribution in [0.1, 0.15) is 16.7 Å². The van der Waals surface area contributed by atoms with E-state index in [0.29, 0.717) is 18.0 Å². The molecule has 1 aromatic rings. The van der Waals surface area contributed by atoms with E-state index in [1.54, 1.807) is 0 Å². The van der Waals surface area contributed by atoms with E-state index in [4.69, 9.17) is 14.2 Å². The fourth-order valence-corrected chi connectivity index (χ4v) is 3.48. The quantitative estimate of drug-likeness (QED) is 0.587. The molecule has 0 spiro atoms. The molecule has 3 fully saturated rings. The Balaban J connectivity index is 1.68. The average Bonchev–Trinajstić information content (AvgIpc) is 3.22. The summed E-state index contributed by atoms with van der Waals surface area (Å²) in [6.07, 6.45) is 3.52. The summed E-state index contributed by atoms with van der Waals surface area (Å²) in [7, 11) is 0. The van der Waals surface area contributed by atoms with Crippen LogP contribution in [0.15, 0.2) is 6.07 Å². The summed E-state index contributed by atoms with van der Waals surface area (Å²) in [5, 5.41) is 10.4. The molecule has 1 aromatic carbocycles. The van der Waals surface area contributed by atoms with Crippen molar-refractivity contribution >= 4 is 21.2 Å². The van der Waals surface area contributed by atoms with Crippen LogP contribution in [0.2, 0.25) is 0 Å². The van der Waals surface area contributed by atoms with Crippen LogP contribution in [-0.4, -0.2) is 60.1 Å².